The predicted molar refractivity (Wildman–Crippen MR) is 109 cm³/mol. The van der Waals surface area contributed by atoms with Crippen molar-refractivity contribution in [3.8, 4) is 0 Å². The first-order valence-corrected chi connectivity index (χ1v) is 8.32. The Labute approximate surface area is 154 Å². The quantitative estimate of drug-likeness (QED) is 0.714. The van der Waals surface area contributed by atoms with Gasteiger partial charge in [0.25, 0.3) is 0 Å². The molecule has 0 amide bonds. The zero-order chi connectivity index (χ0) is 18.9. The molecule has 5 heteroatoms. The van der Waals surface area contributed by atoms with E-state index in [1.54, 1.807) is 24.5 Å². The van der Waals surface area contributed by atoms with E-state index in [0.717, 1.165) is 16.8 Å². The number of nitrogens with zero attached hydrogens (tertiary/aromatic N) is 4. The van der Waals surface area contributed by atoms with Crippen LogP contribution in [0.3, 0.4) is 0 Å². The monoisotopic (exact) mass is 345 g/mol. The van der Waals surface area contributed by atoms with Crippen LogP contribution in [0.15, 0.2) is 79.4 Å². The van der Waals surface area contributed by atoms with Crippen LogP contribution in [0.5, 0.6) is 0 Å². The Morgan fingerprint density at radius 2 is 1.85 bits per heavy atom. The van der Waals surface area contributed by atoms with Gasteiger partial charge in [-0.05, 0) is 32.4 Å². The molecule has 26 heavy (non-hydrogen) atoms. The third-order valence-electron chi connectivity index (χ3n) is 3.67. The summed E-state index contributed by atoms with van der Waals surface area (Å²) in [6, 6.07) is 0. The maximum absolute atomic E-state index is 4.66. The highest BCUT2D eigenvalue weighted by atomic mass is 15.1. The molecule has 5 nitrogen and oxygen atoms in total. The van der Waals surface area contributed by atoms with Gasteiger partial charge in [0.15, 0.2) is 22.8 Å². The third-order valence-corrected chi connectivity index (χ3v) is 3.67. The summed E-state index contributed by atoms with van der Waals surface area (Å²) in [5.41, 5.74) is 3.87. The van der Waals surface area contributed by atoms with E-state index in [1.807, 2.05) is 51.2 Å². The van der Waals surface area contributed by atoms with E-state index in [2.05, 4.69) is 38.4 Å². The number of hydrogen-bond donors (Lipinski definition) is 1. The van der Waals surface area contributed by atoms with Gasteiger partial charge in [0.05, 0.1) is 0 Å². The molecule has 2 aromatic rings. The number of fused-ring (bicyclic) bond motifs is 1. The Kier molecular flexibility index (Phi) is 6.74. The Morgan fingerprint density at radius 1 is 1.08 bits per heavy atom. The molecule has 0 saturated heterocycles. The predicted octanol–water partition coefficient (Wildman–Crippen LogP) is 5.01. The molecule has 0 aromatic carbocycles. The Balaban J connectivity index is 2.66. The van der Waals surface area contributed by atoms with Gasteiger partial charge in [-0.2, -0.15) is 0 Å². The van der Waals surface area contributed by atoms with E-state index in [-0.39, 0.29) is 0 Å². The molecule has 0 atom stereocenters. The fourth-order valence-corrected chi connectivity index (χ4v) is 2.19. The van der Waals surface area contributed by atoms with Gasteiger partial charge in [-0.3, -0.25) is 0 Å². The summed E-state index contributed by atoms with van der Waals surface area (Å²) in [7, 11) is 0. The van der Waals surface area contributed by atoms with Gasteiger partial charge >= 0.3 is 0 Å². The van der Waals surface area contributed by atoms with Crippen LogP contribution in [0.2, 0.25) is 0 Å². The van der Waals surface area contributed by atoms with E-state index in [0.29, 0.717) is 22.8 Å². The largest absolute Gasteiger partial charge is 0.338 e. The summed E-state index contributed by atoms with van der Waals surface area (Å²) >= 11 is 0. The van der Waals surface area contributed by atoms with Gasteiger partial charge in [-0.25, -0.2) is 19.9 Å². The number of allylic oxidation sites excluding steroid dienone is 9. The minimum absolute atomic E-state index is 0.518. The summed E-state index contributed by atoms with van der Waals surface area (Å²) in [6.45, 7) is 13.6. The molecule has 0 bridgehead atoms. The minimum Gasteiger partial charge on any atom is -0.338 e. The zero-order valence-corrected chi connectivity index (χ0v) is 15.4. The lowest BCUT2D eigenvalue weighted by Gasteiger charge is -2.13. The number of anilines is 1. The first kappa shape index (κ1) is 19.0. The van der Waals surface area contributed by atoms with Crippen molar-refractivity contribution in [3.63, 3.8) is 0 Å². The van der Waals surface area contributed by atoms with Crippen LogP contribution in [-0.4, -0.2) is 19.9 Å². The molecule has 2 heterocycles. The summed E-state index contributed by atoms with van der Waals surface area (Å²) in [5, 5.41) is 3.34. The average molecular weight is 345 g/mol. The fourth-order valence-electron chi connectivity index (χ4n) is 2.19. The SMILES string of the molecule is C=C/C=C(Nc1nc(/C(C=C)=C/C=C\C)nc2nccnc12)\C(C)=C/C. The number of aromatic nitrogens is 4. The van der Waals surface area contributed by atoms with Crippen molar-refractivity contribution in [2.75, 3.05) is 5.32 Å². The minimum atomic E-state index is 0.518. The van der Waals surface area contributed by atoms with Gasteiger partial charge in [0.2, 0.25) is 0 Å². The highest BCUT2D eigenvalue weighted by Crippen LogP contribution is 2.23. The van der Waals surface area contributed by atoms with E-state index in [4.69, 9.17) is 0 Å². The van der Waals surface area contributed by atoms with Crippen molar-refractivity contribution in [2.24, 2.45) is 0 Å². The molecule has 0 radical (unpaired) electrons. The molecule has 0 aliphatic heterocycles. The van der Waals surface area contributed by atoms with Crippen molar-refractivity contribution in [3.05, 3.63) is 85.2 Å². The standard InChI is InChI=1S/C21H23N5/c1-6-10-12-16(9-4)19-25-20-18(22-13-14-23-20)21(26-19)24-17(11-7-2)15(5)8-3/h6-14H,2,4H2,1,3,5H3,(H,23,24,25,26)/b10-6-,15-8-,16-12+,17-11+. The zero-order valence-electron chi connectivity index (χ0n) is 15.4. The van der Waals surface area contributed by atoms with Gasteiger partial charge in [-0.1, -0.05) is 49.6 Å². The second-order valence-corrected chi connectivity index (χ2v) is 5.39. The van der Waals surface area contributed by atoms with E-state index in [1.165, 1.54) is 0 Å². The molecule has 0 saturated carbocycles. The van der Waals surface area contributed by atoms with E-state index >= 15 is 0 Å². The molecule has 0 aliphatic rings. The summed E-state index contributed by atoms with van der Waals surface area (Å²) in [4.78, 5) is 17.9. The van der Waals surface area contributed by atoms with Crippen molar-refractivity contribution < 1.29 is 0 Å². The lowest BCUT2D eigenvalue weighted by molar-refractivity contribution is 1.11. The fraction of sp³-hybridized carbons (Fsp3) is 0.143. The molecule has 0 unspecified atom stereocenters. The Hall–Kier alpha value is -3.34. The molecule has 2 rings (SSSR count). The van der Waals surface area contributed by atoms with Crippen molar-refractivity contribution in [1.29, 1.82) is 0 Å². The van der Waals surface area contributed by atoms with Gasteiger partial charge < -0.3 is 5.32 Å². The topological polar surface area (TPSA) is 63.6 Å². The van der Waals surface area contributed by atoms with Crippen LogP contribution in [0, 0.1) is 0 Å². The van der Waals surface area contributed by atoms with Crippen LogP contribution in [0.25, 0.3) is 16.7 Å². The van der Waals surface area contributed by atoms with Crippen LogP contribution in [-0.2, 0) is 0 Å². The van der Waals surface area contributed by atoms with Gasteiger partial charge in [0.1, 0.15) is 0 Å². The summed E-state index contributed by atoms with van der Waals surface area (Å²) < 4.78 is 0. The Morgan fingerprint density at radius 3 is 2.50 bits per heavy atom. The maximum atomic E-state index is 4.66. The van der Waals surface area contributed by atoms with E-state index < -0.39 is 0 Å². The molecule has 0 spiro atoms. The van der Waals surface area contributed by atoms with Gasteiger partial charge in [0, 0.05) is 23.7 Å². The van der Waals surface area contributed by atoms with Crippen LogP contribution in [0.1, 0.15) is 26.6 Å². The molecule has 2 aromatic heterocycles. The van der Waals surface area contributed by atoms with Crippen LogP contribution < -0.4 is 5.32 Å². The normalized spacial score (nSPS) is 13.3. The second kappa shape index (κ2) is 9.22. The molecule has 132 valence electrons. The number of rotatable bonds is 7. The molecule has 0 aliphatic carbocycles. The molecule has 0 fully saturated rings. The molecule has 1 N–H and O–H groups in total. The highest BCUT2D eigenvalue weighted by Gasteiger charge is 2.13. The van der Waals surface area contributed by atoms with Crippen molar-refractivity contribution in [1.82, 2.24) is 19.9 Å². The first-order valence-electron chi connectivity index (χ1n) is 8.32. The first-order chi connectivity index (χ1) is 12.6. The number of hydrogen-bond acceptors (Lipinski definition) is 5. The summed E-state index contributed by atoms with van der Waals surface area (Å²) in [5.74, 6) is 1.12. The third kappa shape index (κ3) is 4.39. The maximum Gasteiger partial charge on any atom is 0.184 e. The lowest BCUT2D eigenvalue weighted by Crippen LogP contribution is -2.07. The average Bonchev–Trinajstić information content (AvgIpc) is 2.67. The van der Waals surface area contributed by atoms with Crippen LogP contribution in [0.4, 0.5) is 5.82 Å². The summed E-state index contributed by atoms with van der Waals surface area (Å²) in [6.07, 6.45) is 16.4. The highest BCUT2D eigenvalue weighted by molar-refractivity contribution is 5.85. The van der Waals surface area contributed by atoms with Crippen molar-refractivity contribution in [2.45, 2.75) is 20.8 Å². The lowest BCUT2D eigenvalue weighted by atomic mass is 10.2. The smallest absolute Gasteiger partial charge is 0.184 e. The van der Waals surface area contributed by atoms with Gasteiger partial charge in [-0.15, -0.1) is 0 Å². The molecular weight excluding hydrogens is 322 g/mol. The molecular formula is C21H23N5. The van der Waals surface area contributed by atoms with E-state index in [9.17, 15) is 0 Å². The Bertz CT molecular complexity index is 933. The number of nitrogens with one attached hydrogen (secondary N) is 1. The second-order valence-electron chi connectivity index (χ2n) is 5.39. The van der Waals surface area contributed by atoms with Crippen molar-refractivity contribution >= 4 is 22.6 Å². The van der Waals surface area contributed by atoms with Crippen LogP contribution >= 0.6 is 0 Å².